The van der Waals surface area contributed by atoms with Crippen LogP contribution in [0.2, 0.25) is 0 Å². The van der Waals surface area contributed by atoms with Crippen molar-refractivity contribution < 1.29 is 4.79 Å². The lowest BCUT2D eigenvalue weighted by atomic mass is 10.1. The Hall–Kier alpha value is -0.0500. The van der Waals surface area contributed by atoms with Crippen LogP contribution in [-0.2, 0) is 4.79 Å². The van der Waals surface area contributed by atoms with E-state index < -0.39 is 0 Å². The Labute approximate surface area is 114 Å². The molecule has 1 amide bonds. The van der Waals surface area contributed by atoms with Crippen LogP contribution >= 0.6 is 15.9 Å². The smallest absolute Gasteiger partial charge is 0.220 e. The molecule has 1 saturated carbocycles. The maximum absolute atomic E-state index is 11.8. The minimum atomic E-state index is 0.263. The van der Waals surface area contributed by atoms with Gasteiger partial charge in [0.05, 0.1) is 0 Å². The van der Waals surface area contributed by atoms with Gasteiger partial charge in [-0.15, -0.1) is 0 Å². The van der Waals surface area contributed by atoms with E-state index in [1.807, 2.05) is 0 Å². The van der Waals surface area contributed by atoms with E-state index in [9.17, 15) is 4.79 Å². The van der Waals surface area contributed by atoms with E-state index >= 15 is 0 Å². The summed E-state index contributed by atoms with van der Waals surface area (Å²) in [5, 5.41) is 4.22. The molecule has 17 heavy (non-hydrogen) atoms. The molecule has 2 unspecified atom stereocenters. The number of carbonyl (C=O) groups is 1. The second-order valence-electron chi connectivity index (χ2n) is 5.18. The molecule has 1 rings (SSSR count). The minimum absolute atomic E-state index is 0.263. The van der Waals surface area contributed by atoms with Crippen LogP contribution in [0.15, 0.2) is 0 Å². The van der Waals surface area contributed by atoms with Gasteiger partial charge in [0, 0.05) is 17.8 Å². The molecule has 0 heterocycles. The van der Waals surface area contributed by atoms with Crippen molar-refractivity contribution in [3.05, 3.63) is 0 Å². The summed E-state index contributed by atoms with van der Waals surface area (Å²) in [7, 11) is 0. The predicted molar refractivity (Wildman–Crippen MR) is 76.4 cm³/mol. The highest BCUT2D eigenvalue weighted by atomic mass is 79.9. The van der Waals surface area contributed by atoms with Gasteiger partial charge in [-0.3, -0.25) is 4.79 Å². The van der Waals surface area contributed by atoms with E-state index in [0.29, 0.717) is 12.0 Å². The number of rotatable bonds is 8. The lowest BCUT2D eigenvalue weighted by Crippen LogP contribution is -2.37. The van der Waals surface area contributed by atoms with Crippen molar-refractivity contribution in [3.8, 4) is 0 Å². The lowest BCUT2D eigenvalue weighted by Gasteiger charge is -2.18. The van der Waals surface area contributed by atoms with Gasteiger partial charge in [0.15, 0.2) is 0 Å². The molecule has 0 bridgehead atoms. The molecule has 100 valence electrons. The number of alkyl halides is 1. The van der Waals surface area contributed by atoms with Gasteiger partial charge in [-0.1, -0.05) is 55.0 Å². The van der Waals surface area contributed by atoms with Crippen LogP contribution in [0.25, 0.3) is 0 Å². The molecule has 3 heteroatoms. The normalized spacial score (nSPS) is 23.9. The SMILES string of the molecule is CCCCCCCC(=O)NC1CCCC1CBr. The van der Waals surface area contributed by atoms with Gasteiger partial charge in [0.25, 0.3) is 0 Å². The van der Waals surface area contributed by atoms with Crippen LogP contribution in [0.1, 0.15) is 64.7 Å². The topological polar surface area (TPSA) is 29.1 Å². The molecule has 1 aliphatic carbocycles. The third kappa shape index (κ3) is 5.89. The van der Waals surface area contributed by atoms with Gasteiger partial charge in [-0.05, 0) is 25.2 Å². The summed E-state index contributed by atoms with van der Waals surface area (Å²) in [6.07, 6.45) is 10.5. The Kier molecular flexibility index (Phi) is 7.91. The van der Waals surface area contributed by atoms with Crippen LogP contribution in [0.3, 0.4) is 0 Å². The molecule has 0 spiro atoms. The lowest BCUT2D eigenvalue weighted by molar-refractivity contribution is -0.122. The molecule has 0 aromatic carbocycles. The van der Waals surface area contributed by atoms with Crippen molar-refractivity contribution >= 4 is 21.8 Å². The van der Waals surface area contributed by atoms with Gasteiger partial charge in [0.2, 0.25) is 5.91 Å². The molecule has 1 fully saturated rings. The highest BCUT2D eigenvalue weighted by molar-refractivity contribution is 9.09. The van der Waals surface area contributed by atoms with Crippen molar-refractivity contribution in [1.29, 1.82) is 0 Å². The summed E-state index contributed by atoms with van der Waals surface area (Å²) in [6, 6.07) is 0.428. The second-order valence-corrected chi connectivity index (χ2v) is 5.83. The number of carbonyl (C=O) groups excluding carboxylic acids is 1. The maximum atomic E-state index is 11.8. The summed E-state index contributed by atoms with van der Waals surface area (Å²) >= 11 is 3.54. The summed E-state index contributed by atoms with van der Waals surface area (Å²) in [6.45, 7) is 2.22. The van der Waals surface area contributed by atoms with Gasteiger partial charge >= 0.3 is 0 Å². The third-order valence-corrected chi connectivity index (χ3v) is 4.54. The molecule has 0 aromatic heterocycles. The van der Waals surface area contributed by atoms with E-state index in [2.05, 4.69) is 28.2 Å². The first-order chi connectivity index (χ1) is 8.27. The average molecular weight is 304 g/mol. The summed E-state index contributed by atoms with van der Waals surface area (Å²) in [5.74, 6) is 0.915. The van der Waals surface area contributed by atoms with E-state index in [1.54, 1.807) is 0 Å². The van der Waals surface area contributed by atoms with Crippen molar-refractivity contribution in [3.63, 3.8) is 0 Å². The molecule has 2 atom stereocenters. The average Bonchev–Trinajstić information content (AvgIpc) is 2.76. The first kappa shape index (κ1) is 15.0. The van der Waals surface area contributed by atoms with Crippen LogP contribution in [0, 0.1) is 5.92 Å². The first-order valence-corrected chi connectivity index (χ1v) is 8.25. The van der Waals surface area contributed by atoms with Crippen LogP contribution in [0.4, 0.5) is 0 Å². The van der Waals surface area contributed by atoms with Gasteiger partial charge in [-0.25, -0.2) is 0 Å². The van der Waals surface area contributed by atoms with Crippen LogP contribution < -0.4 is 5.32 Å². The van der Waals surface area contributed by atoms with E-state index in [1.165, 1.54) is 38.5 Å². The number of halogens is 1. The standard InChI is InChI=1S/C14H26BrNO/c1-2-3-4-5-6-10-14(17)16-13-9-7-8-12(13)11-15/h12-13H,2-11H2,1H3,(H,16,17). The highest BCUT2D eigenvalue weighted by Gasteiger charge is 2.27. The van der Waals surface area contributed by atoms with Crippen molar-refractivity contribution in [2.75, 3.05) is 5.33 Å². The second kappa shape index (κ2) is 8.96. The third-order valence-electron chi connectivity index (χ3n) is 3.71. The molecule has 0 radical (unpaired) electrons. The summed E-state index contributed by atoms with van der Waals surface area (Å²) in [4.78, 5) is 11.8. The minimum Gasteiger partial charge on any atom is -0.353 e. The zero-order valence-corrected chi connectivity index (χ0v) is 12.6. The van der Waals surface area contributed by atoms with Gasteiger partial charge in [-0.2, -0.15) is 0 Å². The molecule has 1 N–H and O–H groups in total. The number of hydrogen-bond acceptors (Lipinski definition) is 1. The monoisotopic (exact) mass is 303 g/mol. The van der Waals surface area contributed by atoms with Crippen molar-refractivity contribution in [2.45, 2.75) is 70.8 Å². The van der Waals surface area contributed by atoms with Crippen molar-refractivity contribution in [1.82, 2.24) is 5.32 Å². The Balaban J connectivity index is 2.08. The predicted octanol–water partition coefficient (Wildman–Crippen LogP) is 4.03. The molecular formula is C14H26BrNO. The quantitative estimate of drug-likeness (QED) is 0.532. The molecule has 1 aliphatic rings. The van der Waals surface area contributed by atoms with Crippen LogP contribution in [-0.4, -0.2) is 17.3 Å². The Morgan fingerprint density at radius 3 is 2.71 bits per heavy atom. The Morgan fingerprint density at radius 2 is 2.00 bits per heavy atom. The number of nitrogens with one attached hydrogen (secondary N) is 1. The maximum Gasteiger partial charge on any atom is 0.220 e. The van der Waals surface area contributed by atoms with E-state index in [4.69, 9.17) is 0 Å². The summed E-state index contributed by atoms with van der Waals surface area (Å²) in [5.41, 5.74) is 0. The zero-order valence-electron chi connectivity index (χ0n) is 11.0. The van der Waals surface area contributed by atoms with Crippen LogP contribution in [0.5, 0.6) is 0 Å². The molecule has 2 nitrogen and oxygen atoms in total. The van der Waals surface area contributed by atoms with Gasteiger partial charge < -0.3 is 5.32 Å². The van der Waals surface area contributed by atoms with Crippen molar-refractivity contribution in [2.24, 2.45) is 5.92 Å². The molecule has 0 saturated heterocycles. The highest BCUT2D eigenvalue weighted by Crippen LogP contribution is 2.27. The first-order valence-electron chi connectivity index (χ1n) is 7.13. The molecular weight excluding hydrogens is 278 g/mol. The fraction of sp³-hybridized carbons (Fsp3) is 0.929. The molecule has 0 aromatic rings. The number of unbranched alkanes of at least 4 members (excludes halogenated alkanes) is 4. The largest absolute Gasteiger partial charge is 0.353 e. The number of hydrogen-bond donors (Lipinski definition) is 1. The van der Waals surface area contributed by atoms with E-state index in [-0.39, 0.29) is 5.91 Å². The summed E-state index contributed by atoms with van der Waals surface area (Å²) < 4.78 is 0. The number of amides is 1. The van der Waals surface area contributed by atoms with Gasteiger partial charge in [0.1, 0.15) is 0 Å². The Bertz CT molecular complexity index is 220. The Morgan fingerprint density at radius 1 is 1.24 bits per heavy atom. The van der Waals surface area contributed by atoms with E-state index in [0.717, 1.165) is 24.6 Å². The fourth-order valence-electron chi connectivity index (χ4n) is 2.58. The fourth-order valence-corrected chi connectivity index (χ4v) is 3.35. The molecule has 0 aliphatic heterocycles. The zero-order chi connectivity index (χ0) is 12.5.